The van der Waals surface area contributed by atoms with E-state index in [9.17, 15) is 0 Å². The molecule has 0 aliphatic carbocycles. The molecular weight excluding hydrogens is 208 g/mol. The summed E-state index contributed by atoms with van der Waals surface area (Å²) in [5.74, 6) is 0.471. The van der Waals surface area contributed by atoms with Crippen LogP contribution in [0.15, 0.2) is 5.38 Å². The Labute approximate surface area is 95.9 Å². The maximum Gasteiger partial charge on any atom is 0.122 e. The second-order valence-corrected chi connectivity index (χ2v) is 4.72. The molecule has 0 saturated carbocycles. The number of hydrogen-bond acceptors (Lipinski definition) is 4. The topological polar surface area (TPSA) is 34.1 Å². The maximum absolute atomic E-state index is 5.71. The van der Waals surface area contributed by atoms with Crippen LogP contribution in [0.3, 0.4) is 0 Å². The Morgan fingerprint density at radius 3 is 2.80 bits per heavy atom. The zero-order valence-corrected chi connectivity index (χ0v) is 10.7. The molecule has 0 bridgehead atoms. The molecule has 0 fully saturated rings. The second kappa shape index (κ2) is 6.20. The first-order chi connectivity index (χ1) is 7.19. The molecule has 1 rings (SSSR count). The van der Waals surface area contributed by atoms with Gasteiger partial charge in [0.05, 0.1) is 5.69 Å². The lowest BCUT2D eigenvalue weighted by atomic mass is 10.1. The molecule has 0 saturated heterocycles. The van der Waals surface area contributed by atoms with Crippen molar-refractivity contribution in [1.29, 1.82) is 0 Å². The maximum atomic E-state index is 5.71. The molecule has 4 heteroatoms. The number of aromatic nitrogens is 1. The lowest BCUT2D eigenvalue weighted by molar-refractivity contribution is 0.0292. The van der Waals surface area contributed by atoms with Crippen molar-refractivity contribution >= 4 is 11.3 Å². The number of ether oxygens (including phenoxy) is 1. The van der Waals surface area contributed by atoms with Crippen molar-refractivity contribution in [2.75, 3.05) is 13.7 Å². The highest BCUT2D eigenvalue weighted by Crippen LogP contribution is 2.28. The van der Waals surface area contributed by atoms with Crippen molar-refractivity contribution < 1.29 is 4.74 Å². The smallest absolute Gasteiger partial charge is 0.122 e. The van der Waals surface area contributed by atoms with Crippen LogP contribution < -0.4 is 5.32 Å². The third kappa shape index (κ3) is 3.55. The summed E-state index contributed by atoms with van der Waals surface area (Å²) >= 11 is 1.69. The van der Waals surface area contributed by atoms with Crippen molar-refractivity contribution in [2.45, 2.75) is 33.4 Å². The fourth-order valence-corrected chi connectivity index (χ4v) is 2.48. The molecule has 1 atom stereocenters. The van der Waals surface area contributed by atoms with E-state index in [-0.39, 0.29) is 6.10 Å². The molecule has 1 heterocycles. The third-order valence-electron chi connectivity index (χ3n) is 2.12. The lowest BCUT2D eigenvalue weighted by Crippen LogP contribution is -2.11. The summed E-state index contributed by atoms with van der Waals surface area (Å²) in [7, 11) is 1.93. The average molecular weight is 228 g/mol. The molecule has 86 valence electrons. The highest BCUT2D eigenvalue weighted by Gasteiger charge is 2.19. The van der Waals surface area contributed by atoms with E-state index in [1.165, 1.54) is 0 Å². The molecule has 0 aliphatic rings. The van der Waals surface area contributed by atoms with Crippen LogP contribution in [0.5, 0.6) is 0 Å². The zero-order valence-electron chi connectivity index (χ0n) is 9.91. The molecular formula is C11H20N2OS. The van der Waals surface area contributed by atoms with E-state index in [4.69, 9.17) is 4.74 Å². The van der Waals surface area contributed by atoms with E-state index in [2.05, 4.69) is 29.5 Å². The minimum absolute atomic E-state index is 0.144. The summed E-state index contributed by atoms with van der Waals surface area (Å²) in [6.07, 6.45) is 0.144. The number of nitrogens with zero attached hydrogens (tertiary/aromatic N) is 1. The predicted molar refractivity (Wildman–Crippen MR) is 64.1 cm³/mol. The van der Waals surface area contributed by atoms with Crippen molar-refractivity contribution in [3.8, 4) is 0 Å². The van der Waals surface area contributed by atoms with Crippen LogP contribution in [0.2, 0.25) is 0 Å². The van der Waals surface area contributed by atoms with Crippen molar-refractivity contribution in [3.05, 3.63) is 16.1 Å². The summed E-state index contributed by atoms with van der Waals surface area (Å²) in [4.78, 5) is 4.57. The third-order valence-corrected chi connectivity index (χ3v) is 3.08. The van der Waals surface area contributed by atoms with Crippen molar-refractivity contribution in [2.24, 2.45) is 5.92 Å². The van der Waals surface area contributed by atoms with Gasteiger partial charge in [0.25, 0.3) is 0 Å². The van der Waals surface area contributed by atoms with Gasteiger partial charge in [-0.25, -0.2) is 4.98 Å². The number of hydrogen-bond donors (Lipinski definition) is 1. The van der Waals surface area contributed by atoms with Crippen LogP contribution in [0, 0.1) is 5.92 Å². The molecule has 0 aliphatic heterocycles. The average Bonchev–Trinajstić information content (AvgIpc) is 2.62. The van der Waals surface area contributed by atoms with Crippen LogP contribution in [-0.2, 0) is 11.3 Å². The van der Waals surface area contributed by atoms with E-state index >= 15 is 0 Å². The first kappa shape index (κ1) is 12.6. The number of nitrogens with one attached hydrogen (secondary N) is 1. The van der Waals surface area contributed by atoms with Gasteiger partial charge in [-0.2, -0.15) is 0 Å². The van der Waals surface area contributed by atoms with Crippen molar-refractivity contribution in [1.82, 2.24) is 10.3 Å². The zero-order chi connectivity index (χ0) is 11.3. The fourth-order valence-electron chi connectivity index (χ4n) is 1.44. The Morgan fingerprint density at radius 2 is 2.27 bits per heavy atom. The Hall–Kier alpha value is -0.450. The minimum atomic E-state index is 0.144. The van der Waals surface area contributed by atoms with Gasteiger partial charge in [-0.15, -0.1) is 11.3 Å². The van der Waals surface area contributed by atoms with Crippen LogP contribution in [-0.4, -0.2) is 18.6 Å². The van der Waals surface area contributed by atoms with Crippen LogP contribution >= 0.6 is 11.3 Å². The van der Waals surface area contributed by atoms with Crippen LogP contribution in [0.25, 0.3) is 0 Å². The molecule has 1 aromatic rings. The van der Waals surface area contributed by atoms with Gasteiger partial charge in [0, 0.05) is 18.5 Å². The summed E-state index contributed by atoms with van der Waals surface area (Å²) in [6, 6.07) is 0. The normalized spacial score (nSPS) is 13.4. The predicted octanol–water partition coefficient (Wildman–Crippen LogP) is 2.60. The lowest BCUT2D eigenvalue weighted by Gasteiger charge is -2.17. The Balaban J connectivity index is 2.72. The second-order valence-electron chi connectivity index (χ2n) is 3.83. The molecule has 1 N–H and O–H groups in total. The highest BCUT2D eigenvalue weighted by molar-refractivity contribution is 7.09. The highest BCUT2D eigenvalue weighted by atomic mass is 32.1. The van der Waals surface area contributed by atoms with Gasteiger partial charge in [-0.05, 0) is 19.9 Å². The summed E-state index contributed by atoms with van der Waals surface area (Å²) in [5, 5.41) is 6.29. The Kier molecular flexibility index (Phi) is 5.22. The van der Waals surface area contributed by atoms with E-state index in [0.717, 1.165) is 23.9 Å². The fraction of sp³-hybridized carbons (Fsp3) is 0.727. The molecule has 3 nitrogen and oxygen atoms in total. The first-order valence-corrected chi connectivity index (χ1v) is 6.27. The van der Waals surface area contributed by atoms with Gasteiger partial charge in [-0.3, -0.25) is 0 Å². The van der Waals surface area contributed by atoms with E-state index in [1.54, 1.807) is 11.3 Å². The molecule has 15 heavy (non-hydrogen) atoms. The van der Waals surface area contributed by atoms with Gasteiger partial charge in [0.1, 0.15) is 11.1 Å². The summed E-state index contributed by atoms with van der Waals surface area (Å²) in [5.41, 5.74) is 1.10. The van der Waals surface area contributed by atoms with Gasteiger partial charge in [-0.1, -0.05) is 13.8 Å². The van der Waals surface area contributed by atoms with E-state index < -0.39 is 0 Å². The van der Waals surface area contributed by atoms with Gasteiger partial charge < -0.3 is 10.1 Å². The molecule has 0 radical (unpaired) electrons. The van der Waals surface area contributed by atoms with Crippen LogP contribution in [0.4, 0.5) is 0 Å². The molecule has 0 amide bonds. The van der Waals surface area contributed by atoms with Gasteiger partial charge in [0.15, 0.2) is 0 Å². The van der Waals surface area contributed by atoms with Gasteiger partial charge >= 0.3 is 0 Å². The number of thiazole rings is 1. The SMILES string of the molecule is CCOC(c1nc(CNC)cs1)C(C)C. The first-order valence-electron chi connectivity index (χ1n) is 5.39. The summed E-state index contributed by atoms with van der Waals surface area (Å²) < 4.78 is 5.71. The van der Waals surface area contributed by atoms with Crippen LogP contribution in [0.1, 0.15) is 37.6 Å². The van der Waals surface area contributed by atoms with E-state index in [1.807, 2.05) is 14.0 Å². The monoisotopic (exact) mass is 228 g/mol. The largest absolute Gasteiger partial charge is 0.371 e. The quantitative estimate of drug-likeness (QED) is 0.812. The van der Waals surface area contributed by atoms with E-state index in [0.29, 0.717) is 5.92 Å². The number of rotatable bonds is 6. The standard InChI is InChI=1S/C11H20N2OS/c1-5-14-10(8(2)3)11-13-9(6-12-4)7-15-11/h7-8,10,12H,5-6H2,1-4H3. The Morgan fingerprint density at radius 1 is 1.53 bits per heavy atom. The Bertz CT molecular complexity index is 286. The summed E-state index contributed by atoms with van der Waals surface area (Å²) in [6.45, 7) is 7.92. The molecule has 0 aromatic carbocycles. The van der Waals surface area contributed by atoms with Crippen molar-refractivity contribution in [3.63, 3.8) is 0 Å². The molecule has 1 aromatic heterocycles. The minimum Gasteiger partial charge on any atom is -0.371 e. The van der Waals surface area contributed by atoms with Gasteiger partial charge in [0.2, 0.25) is 0 Å². The molecule has 1 unspecified atom stereocenters. The molecule has 0 spiro atoms.